The van der Waals surface area contributed by atoms with Gasteiger partial charge in [0.25, 0.3) is 5.91 Å². The van der Waals surface area contributed by atoms with E-state index in [2.05, 4.69) is 20.4 Å². The number of hydrogen-bond acceptors (Lipinski definition) is 7. The van der Waals surface area contributed by atoms with Gasteiger partial charge in [-0.1, -0.05) is 23.8 Å². The highest BCUT2D eigenvalue weighted by Crippen LogP contribution is 2.30. The number of piperazine rings is 1. The molecular weight excluding hydrogens is 396 g/mol. The molecule has 9 nitrogen and oxygen atoms in total. The molecule has 1 amide bonds. The molecule has 1 aliphatic rings. The predicted octanol–water partition coefficient (Wildman–Crippen LogP) is 1.95. The van der Waals surface area contributed by atoms with E-state index in [1.165, 1.54) is 5.56 Å². The smallest absolute Gasteiger partial charge is 0.261 e. The maximum atomic E-state index is 13.2. The van der Waals surface area contributed by atoms with Crippen LogP contribution in [0.3, 0.4) is 0 Å². The van der Waals surface area contributed by atoms with Crippen molar-refractivity contribution in [3.63, 3.8) is 0 Å². The second kappa shape index (κ2) is 9.13. The van der Waals surface area contributed by atoms with Crippen molar-refractivity contribution >= 4 is 5.91 Å². The molecule has 0 atom stereocenters. The number of benzene rings is 2. The van der Waals surface area contributed by atoms with E-state index in [0.717, 1.165) is 24.6 Å². The molecule has 2 aromatic carbocycles. The molecule has 3 aromatic rings. The van der Waals surface area contributed by atoms with Crippen molar-refractivity contribution in [1.29, 1.82) is 0 Å². The van der Waals surface area contributed by atoms with Crippen molar-refractivity contribution in [2.24, 2.45) is 0 Å². The van der Waals surface area contributed by atoms with Gasteiger partial charge < -0.3 is 14.4 Å². The summed E-state index contributed by atoms with van der Waals surface area (Å²) in [6.07, 6.45) is 0. The topological polar surface area (TPSA) is 85.6 Å². The van der Waals surface area contributed by atoms with Gasteiger partial charge in [-0.25, -0.2) is 0 Å². The van der Waals surface area contributed by atoms with Crippen LogP contribution in [-0.4, -0.2) is 76.3 Å². The Morgan fingerprint density at radius 3 is 2.23 bits per heavy atom. The lowest BCUT2D eigenvalue weighted by Gasteiger charge is -2.34. The summed E-state index contributed by atoms with van der Waals surface area (Å²) in [4.78, 5) is 17.2. The lowest BCUT2D eigenvalue weighted by Crippen LogP contribution is -2.48. The van der Waals surface area contributed by atoms with Gasteiger partial charge in [0.1, 0.15) is 17.1 Å². The molecule has 0 saturated carbocycles. The standard InChI is InChI=1S/C22H26N6O3/c1-16-7-9-17(10-8-16)28-20(23-24-25-28)15-26-11-13-27(14-12-26)22(29)21-18(30-2)5-4-6-19(21)31-3/h4-10H,11-15H2,1-3H3. The predicted molar refractivity (Wildman–Crippen MR) is 115 cm³/mol. The van der Waals surface area contributed by atoms with Crippen molar-refractivity contribution in [2.45, 2.75) is 13.5 Å². The Labute approximate surface area is 181 Å². The SMILES string of the molecule is COc1cccc(OC)c1C(=O)N1CCN(Cc2nnnn2-c2ccc(C)cc2)CC1. The summed E-state index contributed by atoms with van der Waals surface area (Å²) in [6.45, 7) is 5.32. The fourth-order valence-electron chi connectivity index (χ4n) is 3.72. The first kappa shape index (κ1) is 20.8. The van der Waals surface area contributed by atoms with Gasteiger partial charge in [-0.2, -0.15) is 4.68 Å². The summed E-state index contributed by atoms with van der Waals surface area (Å²) in [5.74, 6) is 1.72. The summed E-state index contributed by atoms with van der Waals surface area (Å²) in [7, 11) is 3.11. The molecule has 1 fully saturated rings. The molecule has 1 aliphatic heterocycles. The quantitative estimate of drug-likeness (QED) is 0.600. The van der Waals surface area contributed by atoms with E-state index in [0.29, 0.717) is 36.7 Å². The highest BCUT2D eigenvalue weighted by Gasteiger charge is 2.27. The number of methoxy groups -OCH3 is 2. The summed E-state index contributed by atoms with van der Waals surface area (Å²) in [5, 5.41) is 12.2. The normalized spacial score (nSPS) is 14.5. The van der Waals surface area contributed by atoms with Crippen LogP contribution < -0.4 is 9.47 Å². The molecule has 0 aliphatic carbocycles. The van der Waals surface area contributed by atoms with Crippen LogP contribution in [0.25, 0.3) is 5.69 Å². The Balaban J connectivity index is 1.42. The zero-order chi connectivity index (χ0) is 21.8. The average molecular weight is 422 g/mol. The fourth-order valence-corrected chi connectivity index (χ4v) is 3.72. The first-order chi connectivity index (χ1) is 15.1. The Hall–Kier alpha value is -3.46. The first-order valence-electron chi connectivity index (χ1n) is 10.2. The summed E-state index contributed by atoms with van der Waals surface area (Å²) < 4.78 is 12.5. The number of aryl methyl sites for hydroxylation is 1. The Bertz CT molecular complexity index is 1020. The number of nitrogens with zero attached hydrogens (tertiary/aromatic N) is 6. The third kappa shape index (κ3) is 4.36. The van der Waals surface area contributed by atoms with E-state index >= 15 is 0 Å². The average Bonchev–Trinajstić information content (AvgIpc) is 3.27. The van der Waals surface area contributed by atoms with Crippen molar-refractivity contribution in [2.75, 3.05) is 40.4 Å². The molecule has 9 heteroatoms. The van der Waals surface area contributed by atoms with Crippen molar-refractivity contribution < 1.29 is 14.3 Å². The summed E-state index contributed by atoms with van der Waals surface area (Å²) in [5.41, 5.74) is 2.58. The molecule has 4 rings (SSSR count). The van der Waals surface area contributed by atoms with E-state index < -0.39 is 0 Å². The second-order valence-electron chi connectivity index (χ2n) is 7.45. The van der Waals surface area contributed by atoms with E-state index in [4.69, 9.17) is 9.47 Å². The molecule has 0 radical (unpaired) electrons. The number of rotatable bonds is 6. The van der Waals surface area contributed by atoms with Gasteiger partial charge in [-0.3, -0.25) is 9.69 Å². The lowest BCUT2D eigenvalue weighted by atomic mass is 10.1. The maximum Gasteiger partial charge on any atom is 0.261 e. The highest BCUT2D eigenvalue weighted by atomic mass is 16.5. The zero-order valence-corrected chi connectivity index (χ0v) is 18.0. The number of tetrazole rings is 1. The minimum Gasteiger partial charge on any atom is -0.496 e. The molecule has 0 N–H and O–H groups in total. The second-order valence-corrected chi connectivity index (χ2v) is 7.45. The Morgan fingerprint density at radius 2 is 1.61 bits per heavy atom. The number of aromatic nitrogens is 4. The zero-order valence-electron chi connectivity index (χ0n) is 18.0. The molecule has 0 spiro atoms. The van der Waals surface area contributed by atoms with Crippen LogP contribution in [0.1, 0.15) is 21.7 Å². The molecule has 0 unspecified atom stereocenters. The van der Waals surface area contributed by atoms with Crippen molar-refractivity contribution in [3.05, 3.63) is 59.4 Å². The van der Waals surface area contributed by atoms with Crippen molar-refractivity contribution in [1.82, 2.24) is 30.0 Å². The number of carbonyl (C=O) groups is 1. The molecular formula is C22H26N6O3. The molecule has 2 heterocycles. The van der Waals surface area contributed by atoms with E-state index in [9.17, 15) is 4.79 Å². The molecule has 1 saturated heterocycles. The Morgan fingerprint density at radius 1 is 0.968 bits per heavy atom. The van der Waals surface area contributed by atoms with Gasteiger partial charge in [0.05, 0.1) is 26.5 Å². The first-order valence-corrected chi connectivity index (χ1v) is 10.2. The lowest BCUT2D eigenvalue weighted by molar-refractivity contribution is 0.0618. The Kier molecular flexibility index (Phi) is 6.13. The minimum absolute atomic E-state index is 0.0848. The summed E-state index contributed by atoms with van der Waals surface area (Å²) in [6, 6.07) is 13.5. The van der Waals surface area contributed by atoms with Gasteiger partial charge in [-0.15, -0.1) is 5.10 Å². The van der Waals surface area contributed by atoms with Gasteiger partial charge in [-0.05, 0) is 41.6 Å². The molecule has 162 valence electrons. The van der Waals surface area contributed by atoms with Crippen LogP contribution in [0, 0.1) is 6.92 Å². The largest absolute Gasteiger partial charge is 0.496 e. The van der Waals surface area contributed by atoms with E-state index in [1.807, 2.05) is 42.2 Å². The van der Waals surface area contributed by atoms with E-state index in [-0.39, 0.29) is 5.91 Å². The molecule has 1 aromatic heterocycles. The van der Waals surface area contributed by atoms with Gasteiger partial charge in [0.15, 0.2) is 5.82 Å². The fraction of sp³-hybridized carbons (Fsp3) is 0.364. The summed E-state index contributed by atoms with van der Waals surface area (Å²) >= 11 is 0. The number of hydrogen-bond donors (Lipinski definition) is 0. The number of carbonyl (C=O) groups excluding carboxylic acids is 1. The van der Waals surface area contributed by atoms with Crippen molar-refractivity contribution in [3.8, 4) is 17.2 Å². The van der Waals surface area contributed by atoms with Crippen LogP contribution in [0.5, 0.6) is 11.5 Å². The van der Waals surface area contributed by atoms with Gasteiger partial charge in [0, 0.05) is 26.2 Å². The molecule has 31 heavy (non-hydrogen) atoms. The maximum absolute atomic E-state index is 13.2. The number of amides is 1. The van der Waals surface area contributed by atoms with Gasteiger partial charge in [0.2, 0.25) is 0 Å². The third-order valence-electron chi connectivity index (χ3n) is 5.48. The van der Waals surface area contributed by atoms with Crippen LogP contribution in [-0.2, 0) is 6.54 Å². The minimum atomic E-state index is -0.0848. The van der Waals surface area contributed by atoms with Gasteiger partial charge >= 0.3 is 0 Å². The third-order valence-corrected chi connectivity index (χ3v) is 5.48. The number of ether oxygens (including phenoxy) is 2. The van der Waals surface area contributed by atoms with Crippen LogP contribution in [0.2, 0.25) is 0 Å². The van der Waals surface area contributed by atoms with Crippen LogP contribution in [0.4, 0.5) is 0 Å². The van der Waals surface area contributed by atoms with Crippen LogP contribution in [0.15, 0.2) is 42.5 Å². The highest BCUT2D eigenvalue weighted by molar-refractivity contribution is 5.99. The van der Waals surface area contributed by atoms with E-state index in [1.54, 1.807) is 31.0 Å². The monoisotopic (exact) mass is 422 g/mol. The van der Waals surface area contributed by atoms with Crippen LogP contribution >= 0.6 is 0 Å². The molecule has 0 bridgehead atoms.